The highest BCUT2D eigenvalue weighted by Gasteiger charge is 2.52. The van der Waals surface area contributed by atoms with E-state index in [-0.39, 0.29) is 10.8 Å². The van der Waals surface area contributed by atoms with Crippen LogP contribution >= 0.6 is 0 Å². The summed E-state index contributed by atoms with van der Waals surface area (Å²) in [5, 5.41) is 5.02. The Bertz CT molecular complexity index is 3990. The summed E-state index contributed by atoms with van der Waals surface area (Å²) in [5.41, 5.74) is 27.7. The Kier molecular flexibility index (Phi) is 8.57. The Morgan fingerprint density at radius 1 is 0.260 bits per heavy atom. The molecule has 0 amide bonds. The topological polar surface area (TPSA) is 6.48 Å². The summed E-state index contributed by atoms with van der Waals surface area (Å²) in [5.74, 6) is 0. The molecule has 2 heterocycles. The van der Waals surface area contributed by atoms with Gasteiger partial charge >= 0.3 is 0 Å². The Morgan fingerprint density at radius 2 is 0.603 bits per heavy atom. The van der Waals surface area contributed by atoms with Gasteiger partial charge in [-0.15, -0.1) is 0 Å². The van der Waals surface area contributed by atoms with Crippen LogP contribution in [-0.4, -0.2) is 14.1 Å². The van der Waals surface area contributed by atoms with E-state index < -0.39 is 5.41 Å². The molecule has 0 saturated heterocycles. The molecule has 1 spiro atoms. The van der Waals surface area contributed by atoms with E-state index in [1.54, 1.807) is 0 Å². The highest BCUT2D eigenvalue weighted by Crippen LogP contribution is 2.65. The lowest BCUT2D eigenvalue weighted by molar-refractivity contribution is 0.631. The van der Waals surface area contributed by atoms with Crippen LogP contribution in [0.3, 0.4) is 0 Å². The summed E-state index contributed by atoms with van der Waals surface area (Å²) in [6.07, 6.45) is 0. The highest BCUT2D eigenvalue weighted by atomic mass is 15.1. The molecular weight excluding hydrogens is 881 g/mol. The lowest BCUT2D eigenvalue weighted by Crippen LogP contribution is -2.31. The van der Waals surface area contributed by atoms with Crippen LogP contribution in [0.4, 0.5) is 22.7 Å². The molecule has 11 aromatic rings. The Balaban J connectivity index is 1.08. The van der Waals surface area contributed by atoms with Crippen molar-refractivity contribution in [2.75, 3.05) is 23.9 Å². The molecule has 15 rings (SSSR count). The van der Waals surface area contributed by atoms with Gasteiger partial charge in [-0.05, 0) is 152 Å². The number of hydrogen-bond donors (Lipinski definition) is 0. The minimum atomic E-state index is -0.458. The Morgan fingerprint density at radius 3 is 1.11 bits per heavy atom. The van der Waals surface area contributed by atoms with Crippen molar-refractivity contribution in [3.05, 3.63) is 263 Å². The summed E-state index contributed by atoms with van der Waals surface area (Å²) in [7, 11) is 4.47. The Labute approximate surface area is 428 Å². The average Bonchev–Trinajstić information content (AvgIpc) is 3.93. The largest absolute Gasteiger partial charge is 0.344 e. The van der Waals surface area contributed by atoms with Crippen molar-refractivity contribution >= 4 is 44.3 Å². The summed E-state index contributed by atoms with van der Waals surface area (Å²) in [6, 6.07) is 83.4. The van der Waals surface area contributed by atoms with Gasteiger partial charge in [0.25, 0.3) is 0 Å². The molecule has 0 atom stereocenters. The number of rotatable bonds is 3. The molecule has 2 aliphatic heterocycles. The maximum absolute atomic E-state index is 2.56. The molecule has 0 bridgehead atoms. The molecule has 11 aromatic carbocycles. The second kappa shape index (κ2) is 14.8. The first-order valence-corrected chi connectivity index (χ1v) is 26.0. The number of anilines is 4. The average molecular weight is 935 g/mol. The van der Waals surface area contributed by atoms with Gasteiger partial charge in [0, 0.05) is 47.7 Å². The van der Waals surface area contributed by atoms with Crippen molar-refractivity contribution < 1.29 is 0 Å². The summed E-state index contributed by atoms with van der Waals surface area (Å²) >= 11 is 0. The van der Waals surface area contributed by atoms with Gasteiger partial charge in [0.05, 0.1) is 5.41 Å². The molecule has 0 unspecified atom stereocenters. The second-order valence-corrected chi connectivity index (χ2v) is 22.0. The van der Waals surface area contributed by atoms with Gasteiger partial charge in [-0.2, -0.15) is 0 Å². The van der Waals surface area contributed by atoms with Crippen molar-refractivity contribution in [1.82, 2.24) is 0 Å². The second-order valence-electron chi connectivity index (χ2n) is 22.0. The number of hydrogen-bond acceptors (Lipinski definition) is 2. The predicted octanol–water partition coefficient (Wildman–Crippen LogP) is 18.2. The van der Waals surface area contributed by atoms with Gasteiger partial charge < -0.3 is 9.80 Å². The molecule has 0 N–H and O–H groups in total. The monoisotopic (exact) mass is 934 g/mol. The van der Waals surface area contributed by atoms with Crippen molar-refractivity contribution in [2.24, 2.45) is 0 Å². The van der Waals surface area contributed by atoms with Crippen molar-refractivity contribution in [3.8, 4) is 55.6 Å². The summed E-state index contributed by atoms with van der Waals surface area (Å²) in [6.45, 7) is 9.67. The number of nitrogens with zero attached hydrogens (tertiary/aromatic N) is 2. The lowest BCUT2D eigenvalue weighted by Gasteiger charge is -2.42. The Hall–Kier alpha value is -8.46. The molecule has 4 aliphatic rings. The zero-order valence-electron chi connectivity index (χ0n) is 42.2. The van der Waals surface area contributed by atoms with Crippen LogP contribution < -0.4 is 9.80 Å². The van der Waals surface area contributed by atoms with Crippen molar-refractivity contribution in [2.45, 2.75) is 43.9 Å². The van der Waals surface area contributed by atoms with Crippen molar-refractivity contribution in [1.29, 1.82) is 0 Å². The normalized spacial score (nSPS) is 15.5. The minimum Gasteiger partial charge on any atom is -0.344 e. The van der Waals surface area contributed by atoms with Gasteiger partial charge in [0.1, 0.15) is 0 Å². The van der Waals surface area contributed by atoms with Gasteiger partial charge in [-0.1, -0.05) is 216 Å². The molecule has 0 aromatic heterocycles. The fourth-order valence-electron chi connectivity index (χ4n) is 14.8. The van der Waals surface area contributed by atoms with Crippen LogP contribution in [-0.2, 0) is 16.2 Å². The van der Waals surface area contributed by atoms with Crippen LogP contribution in [0.1, 0.15) is 72.2 Å². The first kappa shape index (κ1) is 42.2. The van der Waals surface area contributed by atoms with Gasteiger partial charge in [0.2, 0.25) is 0 Å². The fraction of sp³-hybridized carbons (Fsp3) is 0.127. The third-order valence-electron chi connectivity index (χ3n) is 17.8. The molecule has 0 radical (unpaired) electrons. The smallest absolute Gasteiger partial charge is 0.0725 e. The first-order valence-electron chi connectivity index (χ1n) is 26.0. The molecular formula is C71H54N2. The number of fused-ring (bicyclic) bond motifs is 16. The van der Waals surface area contributed by atoms with E-state index in [1.807, 2.05) is 0 Å². The summed E-state index contributed by atoms with van der Waals surface area (Å²) in [4.78, 5) is 4.80. The van der Waals surface area contributed by atoms with Crippen LogP contribution in [0.5, 0.6) is 0 Å². The summed E-state index contributed by atoms with van der Waals surface area (Å²) < 4.78 is 0. The number of benzene rings is 11. The lowest BCUT2D eigenvalue weighted by atomic mass is 9.70. The molecule has 73 heavy (non-hydrogen) atoms. The zero-order valence-corrected chi connectivity index (χ0v) is 42.2. The predicted molar refractivity (Wildman–Crippen MR) is 307 cm³/mol. The quantitative estimate of drug-likeness (QED) is 0.163. The SMILES string of the molecule is CN1c2ccccc2C(C)(C)c2c(-c3cccc4c(-c5cccc6c5-c5ccccc5C65c6ccccc6-c6ccccc65)c5cccc(-c6cccc7c6C(C)(C)c6ccccc6N7C)c5cc34)cccc21. The number of para-hydroxylation sites is 2. The maximum atomic E-state index is 2.56. The minimum absolute atomic E-state index is 0.259. The third-order valence-corrected chi connectivity index (χ3v) is 17.8. The van der Waals surface area contributed by atoms with E-state index in [9.17, 15) is 0 Å². The van der Waals surface area contributed by atoms with E-state index in [1.165, 1.54) is 144 Å². The fourth-order valence-corrected chi connectivity index (χ4v) is 14.8. The van der Waals surface area contributed by atoms with Gasteiger partial charge in [-0.25, -0.2) is 0 Å². The van der Waals surface area contributed by atoms with Crippen LogP contribution in [0, 0.1) is 0 Å². The van der Waals surface area contributed by atoms with Crippen LogP contribution in [0.15, 0.2) is 218 Å². The zero-order chi connectivity index (χ0) is 49.1. The van der Waals surface area contributed by atoms with E-state index in [4.69, 9.17) is 0 Å². The highest BCUT2D eigenvalue weighted by molar-refractivity contribution is 6.21. The van der Waals surface area contributed by atoms with E-state index in [0.29, 0.717) is 0 Å². The molecule has 2 heteroatoms. The van der Waals surface area contributed by atoms with Gasteiger partial charge in [0.15, 0.2) is 0 Å². The molecule has 0 saturated carbocycles. The maximum Gasteiger partial charge on any atom is 0.0725 e. The van der Waals surface area contributed by atoms with E-state index >= 15 is 0 Å². The molecule has 0 fully saturated rings. The van der Waals surface area contributed by atoms with Crippen molar-refractivity contribution in [3.63, 3.8) is 0 Å². The third kappa shape index (κ3) is 5.33. The van der Waals surface area contributed by atoms with Crippen LogP contribution in [0.2, 0.25) is 0 Å². The molecule has 2 aliphatic carbocycles. The first-order chi connectivity index (χ1) is 35.6. The van der Waals surface area contributed by atoms with Crippen LogP contribution in [0.25, 0.3) is 77.2 Å². The van der Waals surface area contributed by atoms with E-state index in [2.05, 4.69) is 270 Å². The van der Waals surface area contributed by atoms with Gasteiger partial charge in [-0.3, -0.25) is 0 Å². The molecule has 2 nitrogen and oxygen atoms in total. The van der Waals surface area contributed by atoms with E-state index in [0.717, 1.165) is 0 Å². The standard InChI is InChI=1S/C71H54N2/c1-69(2)58-35-13-15-38-61(58)72(5)63-40-20-29-49(67(63)69)43-25-17-27-47-53(43)42-54-44(50-30-21-41-64-68(50)70(3,4)59-36-14-16-39-62(59)73(64)6)26-18-28-48(54)65(47)52-31-19-37-60-66(52)51-24-9-12-34-57(51)71(60)55-32-10-7-22-45(55)46-23-8-11-33-56(46)71/h7-42H,1-6H3. The molecule has 348 valence electrons.